The Morgan fingerprint density at radius 2 is 1.67 bits per heavy atom. The van der Waals surface area contributed by atoms with Crippen LogP contribution in [0.5, 0.6) is 0 Å². The van der Waals surface area contributed by atoms with Crippen LogP contribution in [-0.4, -0.2) is 25.4 Å². The lowest BCUT2D eigenvalue weighted by Gasteiger charge is -2.32. The van der Waals surface area contributed by atoms with E-state index in [0.717, 1.165) is 12.2 Å². The zero-order valence-electron chi connectivity index (χ0n) is 10.6. The lowest BCUT2D eigenvalue weighted by molar-refractivity contribution is 0.00578. The average molecular weight is 212 g/mol. The van der Waals surface area contributed by atoms with Gasteiger partial charge in [0.1, 0.15) is 0 Å². The van der Waals surface area contributed by atoms with Crippen LogP contribution in [0.3, 0.4) is 0 Å². The van der Waals surface area contributed by atoms with Gasteiger partial charge in [-0.1, -0.05) is 6.92 Å². The molecule has 86 valence electrons. The molecule has 0 spiro atoms. The van der Waals surface area contributed by atoms with Crippen molar-refractivity contribution < 1.29 is 14.0 Å². The van der Waals surface area contributed by atoms with Crippen LogP contribution < -0.4 is 0 Å². The molecule has 1 aliphatic heterocycles. The quantitative estimate of drug-likeness (QED) is 0.531. The first kappa shape index (κ1) is 12.6. The number of rotatable bonds is 3. The van der Waals surface area contributed by atoms with E-state index >= 15 is 0 Å². The Kier molecular flexibility index (Phi) is 3.51. The van der Waals surface area contributed by atoms with Gasteiger partial charge in [0.05, 0.1) is 24.1 Å². The monoisotopic (exact) mass is 212 g/mol. The van der Waals surface area contributed by atoms with Crippen LogP contribution in [0.15, 0.2) is 11.7 Å². The molecule has 0 aromatic carbocycles. The number of methoxy groups -OCH3 is 1. The highest BCUT2D eigenvalue weighted by Gasteiger charge is 2.50. The molecule has 0 saturated carbocycles. The van der Waals surface area contributed by atoms with E-state index in [1.807, 2.05) is 40.6 Å². The van der Waals surface area contributed by atoms with E-state index in [1.165, 1.54) is 0 Å². The van der Waals surface area contributed by atoms with E-state index in [4.69, 9.17) is 14.0 Å². The van der Waals surface area contributed by atoms with E-state index in [0.29, 0.717) is 0 Å². The number of hydrogen-bond donors (Lipinski definition) is 0. The highest BCUT2D eigenvalue weighted by molar-refractivity contribution is 6.51. The summed E-state index contributed by atoms with van der Waals surface area (Å²) in [5.41, 5.74) is -0.554. The highest BCUT2D eigenvalue weighted by atomic mass is 16.7. The lowest BCUT2D eigenvalue weighted by Crippen LogP contribution is -2.41. The van der Waals surface area contributed by atoms with E-state index < -0.39 is 0 Å². The summed E-state index contributed by atoms with van der Waals surface area (Å²) in [7, 11) is 1.37. The Bertz CT molecular complexity index is 237. The fourth-order valence-electron chi connectivity index (χ4n) is 1.44. The molecule has 15 heavy (non-hydrogen) atoms. The summed E-state index contributed by atoms with van der Waals surface area (Å²) in [5, 5.41) is 0. The van der Waals surface area contributed by atoms with Gasteiger partial charge in [0, 0.05) is 6.42 Å². The molecule has 1 fully saturated rings. The van der Waals surface area contributed by atoms with Gasteiger partial charge in [-0.15, -0.1) is 0 Å². The van der Waals surface area contributed by atoms with Gasteiger partial charge in [0.25, 0.3) is 0 Å². The van der Waals surface area contributed by atoms with Gasteiger partial charge >= 0.3 is 7.12 Å². The maximum Gasteiger partial charge on any atom is 0.490 e. The van der Waals surface area contributed by atoms with Gasteiger partial charge in [-0.3, -0.25) is 0 Å². The predicted molar refractivity (Wildman–Crippen MR) is 61.5 cm³/mol. The number of allylic oxidation sites excluding steroid dienone is 1. The van der Waals surface area contributed by atoms with Gasteiger partial charge in [-0.25, -0.2) is 0 Å². The molecule has 0 atom stereocenters. The molecule has 0 bridgehead atoms. The van der Waals surface area contributed by atoms with E-state index in [-0.39, 0.29) is 18.3 Å². The van der Waals surface area contributed by atoms with Crippen molar-refractivity contribution in [2.75, 3.05) is 7.11 Å². The molecule has 4 heteroatoms. The Morgan fingerprint density at radius 1 is 1.20 bits per heavy atom. The summed E-state index contributed by atoms with van der Waals surface area (Å²) < 4.78 is 16.8. The summed E-state index contributed by atoms with van der Waals surface area (Å²) in [6.07, 6.45) is 0.848. The molecule has 1 saturated heterocycles. The molecule has 0 aromatic rings. The van der Waals surface area contributed by atoms with Crippen LogP contribution in [-0.2, 0) is 14.0 Å². The maximum atomic E-state index is 5.82. The summed E-state index contributed by atoms with van der Waals surface area (Å²) in [5.74, 6) is 2.80. The number of ether oxygens (including phenoxy) is 1. The van der Waals surface area contributed by atoms with Crippen molar-refractivity contribution in [2.24, 2.45) is 0 Å². The Morgan fingerprint density at radius 3 is 2.00 bits per heavy atom. The molecule has 1 rings (SSSR count). The van der Waals surface area contributed by atoms with Crippen LogP contribution in [0.4, 0.5) is 0 Å². The van der Waals surface area contributed by atoms with Crippen LogP contribution in [0.25, 0.3) is 0 Å². The second-order valence-electron chi connectivity index (χ2n) is 4.82. The van der Waals surface area contributed by atoms with Crippen molar-refractivity contribution in [2.45, 2.75) is 52.2 Å². The minimum Gasteiger partial charge on any atom is -0.502 e. The largest absolute Gasteiger partial charge is 0.502 e. The summed E-state index contributed by atoms with van der Waals surface area (Å²) in [6, 6.07) is 0. The normalized spacial score (nSPS) is 24.4. The Hall–Kier alpha value is -0.475. The summed E-state index contributed by atoms with van der Waals surface area (Å²) in [6.45, 7) is 10.2. The number of hydrogen-bond acceptors (Lipinski definition) is 3. The Balaban J connectivity index is 2.75. The van der Waals surface area contributed by atoms with E-state index in [2.05, 4.69) is 0 Å². The van der Waals surface area contributed by atoms with Crippen molar-refractivity contribution in [1.82, 2.24) is 0 Å². The first-order valence-electron chi connectivity index (χ1n) is 5.42. The van der Waals surface area contributed by atoms with Gasteiger partial charge in [-0.05, 0) is 33.7 Å². The zero-order valence-corrected chi connectivity index (χ0v) is 10.6. The average Bonchev–Trinajstić information content (AvgIpc) is 2.31. The third-order valence-corrected chi connectivity index (χ3v) is 3.20. The topological polar surface area (TPSA) is 27.7 Å². The molecule has 0 N–H and O–H groups in total. The second kappa shape index (κ2) is 4.18. The molecule has 0 aliphatic carbocycles. The first-order valence-corrected chi connectivity index (χ1v) is 5.42. The molecule has 3 nitrogen and oxygen atoms in total. The van der Waals surface area contributed by atoms with Gasteiger partial charge in [-0.2, -0.15) is 0 Å². The zero-order chi connectivity index (χ0) is 11.7. The molecular weight excluding hydrogens is 191 g/mol. The summed E-state index contributed by atoms with van der Waals surface area (Å²) >= 11 is 0. The fraction of sp³-hybridized carbons (Fsp3) is 0.818. The van der Waals surface area contributed by atoms with E-state index in [9.17, 15) is 0 Å². The van der Waals surface area contributed by atoms with Crippen molar-refractivity contribution >= 4 is 7.12 Å². The van der Waals surface area contributed by atoms with Gasteiger partial charge in [0.15, 0.2) is 0 Å². The lowest BCUT2D eigenvalue weighted by atomic mass is 9.89. The van der Waals surface area contributed by atoms with Crippen LogP contribution in [0.2, 0.25) is 0 Å². The van der Waals surface area contributed by atoms with Crippen molar-refractivity contribution in [1.29, 1.82) is 0 Å². The van der Waals surface area contributed by atoms with Crippen LogP contribution >= 0.6 is 0 Å². The van der Waals surface area contributed by atoms with Crippen molar-refractivity contribution in [3.05, 3.63) is 11.7 Å². The second-order valence-corrected chi connectivity index (χ2v) is 4.82. The molecule has 0 aromatic heterocycles. The third kappa shape index (κ3) is 2.55. The molecule has 1 aliphatic rings. The van der Waals surface area contributed by atoms with Crippen LogP contribution in [0.1, 0.15) is 41.0 Å². The van der Waals surface area contributed by atoms with Gasteiger partial charge in [0.2, 0.25) is 0 Å². The predicted octanol–water partition coefficient (Wildman–Crippen LogP) is 2.56. The molecule has 0 amide bonds. The van der Waals surface area contributed by atoms with E-state index in [1.54, 1.807) is 7.11 Å². The van der Waals surface area contributed by atoms with Crippen molar-refractivity contribution in [3.8, 4) is 0 Å². The fourth-order valence-corrected chi connectivity index (χ4v) is 1.44. The smallest absolute Gasteiger partial charge is 0.490 e. The van der Waals surface area contributed by atoms with Crippen LogP contribution in [0, 0.1) is 0 Å². The first-order chi connectivity index (χ1) is 6.82. The summed E-state index contributed by atoms with van der Waals surface area (Å²) in [4.78, 5) is 0. The minimum atomic E-state index is -0.301. The van der Waals surface area contributed by atoms with Gasteiger partial charge < -0.3 is 14.0 Å². The molecule has 1 heterocycles. The molecular formula is C11H21BO3. The maximum absolute atomic E-state index is 5.82. The Labute approximate surface area is 92.9 Å². The highest BCUT2D eigenvalue weighted by Crippen LogP contribution is 2.37. The molecule has 0 radical (unpaired) electrons. The minimum absolute atomic E-state index is 0.277. The standard InChI is InChI=1S/C11H21BO3/c1-7-9(13-6)8-12-14-10(2,3)11(4,5)15-12/h8H,7H2,1-6H3/b9-8-. The van der Waals surface area contributed by atoms with Crippen molar-refractivity contribution in [3.63, 3.8) is 0 Å². The SMILES string of the molecule is CC/C(=C/B1OC(C)(C)C(C)(C)O1)OC. The molecule has 0 unspecified atom stereocenters. The third-order valence-electron chi connectivity index (χ3n) is 3.20.